The Kier molecular flexibility index (Phi) is 5.23. The molecule has 1 amide bonds. The predicted octanol–water partition coefficient (Wildman–Crippen LogP) is 3.03. The summed E-state index contributed by atoms with van der Waals surface area (Å²) in [5.74, 6) is 0.314. The molecular formula is C20H27N3O2. The highest BCUT2D eigenvalue weighted by atomic mass is 16.3. The molecule has 25 heavy (non-hydrogen) atoms. The lowest BCUT2D eigenvalue weighted by molar-refractivity contribution is -0.136. The molecule has 1 aromatic heterocycles. The summed E-state index contributed by atoms with van der Waals surface area (Å²) < 4.78 is 1.81. The molecule has 3 rings (SSSR count). The van der Waals surface area contributed by atoms with Gasteiger partial charge in [-0.3, -0.25) is 9.48 Å². The zero-order chi connectivity index (χ0) is 18.0. The fourth-order valence-electron chi connectivity index (χ4n) is 3.76. The van der Waals surface area contributed by atoms with Crippen LogP contribution in [0.25, 0.3) is 0 Å². The summed E-state index contributed by atoms with van der Waals surface area (Å²) in [6, 6.07) is 11.5. The lowest BCUT2D eigenvalue weighted by Gasteiger charge is -2.35. The smallest absolute Gasteiger partial charge is 0.247 e. The molecule has 1 aromatic carbocycles. The first-order valence-corrected chi connectivity index (χ1v) is 9.02. The number of aliphatic hydroxyl groups excluding tert-OH is 1. The van der Waals surface area contributed by atoms with E-state index >= 15 is 0 Å². The maximum Gasteiger partial charge on any atom is 0.247 e. The molecule has 1 fully saturated rings. The van der Waals surface area contributed by atoms with Crippen LogP contribution in [0, 0.1) is 19.8 Å². The summed E-state index contributed by atoms with van der Waals surface area (Å²) >= 11 is 0. The minimum absolute atomic E-state index is 0.110. The molecule has 0 radical (unpaired) electrons. The van der Waals surface area contributed by atoms with E-state index < -0.39 is 6.10 Å². The molecule has 2 aromatic rings. The third-order valence-corrected chi connectivity index (χ3v) is 5.21. The van der Waals surface area contributed by atoms with Gasteiger partial charge in [0.25, 0.3) is 0 Å². The van der Waals surface area contributed by atoms with Crippen LogP contribution in [-0.2, 0) is 4.79 Å². The van der Waals surface area contributed by atoms with Gasteiger partial charge in [-0.15, -0.1) is 0 Å². The number of piperidine rings is 1. The van der Waals surface area contributed by atoms with E-state index in [4.69, 9.17) is 0 Å². The number of rotatable bonds is 4. The second-order valence-electron chi connectivity index (χ2n) is 7.07. The van der Waals surface area contributed by atoms with E-state index in [0.29, 0.717) is 13.1 Å². The highest BCUT2D eigenvalue weighted by Gasteiger charge is 2.31. The van der Waals surface area contributed by atoms with Crippen molar-refractivity contribution in [3.63, 3.8) is 0 Å². The second-order valence-corrected chi connectivity index (χ2v) is 7.07. The van der Waals surface area contributed by atoms with E-state index in [9.17, 15) is 9.90 Å². The lowest BCUT2D eigenvalue weighted by Crippen LogP contribution is -2.43. The summed E-state index contributed by atoms with van der Waals surface area (Å²) in [5.41, 5.74) is 2.90. The Balaban J connectivity index is 1.60. The molecule has 1 aliphatic rings. The fourth-order valence-corrected chi connectivity index (χ4v) is 3.76. The lowest BCUT2D eigenvalue weighted by atomic mass is 9.87. The van der Waals surface area contributed by atoms with Gasteiger partial charge in [0.15, 0.2) is 0 Å². The number of aromatic nitrogens is 2. The molecule has 0 bridgehead atoms. The molecule has 2 unspecified atom stereocenters. The summed E-state index contributed by atoms with van der Waals surface area (Å²) in [5, 5.41) is 15.0. The SMILES string of the molecule is Cc1cc(C)n(C(C)C(=O)N2CCC(C(O)c3ccccc3)CC2)n1. The van der Waals surface area contributed by atoms with Gasteiger partial charge in [-0.05, 0) is 51.2 Å². The summed E-state index contributed by atoms with van der Waals surface area (Å²) in [6.07, 6.45) is 1.20. The summed E-state index contributed by atoms with van der Waals surface area (Å²) in [6.45, 7) is 7.21. The van der Waals surface area contributed by atoms with Gasteiger partial charge in [-0.2, -0.15) is 5.10 Å². The number of hydrogen-bond donors (Lipinski definition) is 1. The third kappa shape index (κ3) is 3.76. The minimum atomic E-state index is -0.452. The van der Waals surface area contributed by atoms with Crippen molar-refractivity contribution < 1.29 is 9.90 Å². The van der Waals surface area contributed by atoms with Gasteiger partial charge in [0.2, 0.25) is 5.91 Å². The van der Waals surface area contributed by atoms with Crippen molar-refractivity contribution in [1.82, 2.24) is 14.7 Å². The first kappa shape index (κ1) is 17.7. The van der Waals surface area contributed by atoms with Gasteiger partial charge in [-0.1, -0.05) is 30.3 Å². The Morgan fingerprint density at radius 3 is 2.40 bits per heavy atom. The van der Waals surface area contributed by atoms with Crippen LogP contribution in [0.15, 0.2) is 36.4 Å². The number of likely N-dealkylation sites (tertiary alicyclic amines) is 1. The van der Waals surface area contributed by atoms with Crippen molar-refractivity contribution in [2.45, 2.75) is 45.8 Å². The quantitative estimate of drug-likeness (QED) is 0.930. The molecule has 0 spiro atoms. The van der Waals surface area contributed by atoms with Gasteiger partial charge in [0.1, 0.15) is 6.04 Å². The van der Waals surface area contributed by atoms with E-state index in [0.717, 1.165) is 29.8 Å². The first-order chi connectivity index (χ1) is 12.0. The minimum Gasteiger partial charge on any atom is -0.388 e. The topological polar surface area (TPSA) is 58.4 Å². The van der Waals surface area contributed by atoms with E-state index in [-0.39, 0.29) is 17.9 Å². The second kappa shape index (κ2) is 7.40. The normalized spacial score (nSPS) is 18.2. The van der Waals surface area contributed by atoms with Crippen LogP contribution in [0.4, 0.5) is 0 Å². The van der Waals surface area contributed by atoms with Gasteiger partial charge < -0.3 is 10.0 Å². The van der Waals surface area contributed by atoms with E-state index in [1.54, 1.807) is 0 Å². The van der Waals surface area contributed by atoms with Crippen LogP contribution < -0.4 is 0 Å². The molecule has 1 N–H and O–H groups in total. The predicted molar refractivity (Wildman–Crippen MR) is 97.1 cm³/mol. The van der Waals surface area contributed by atoms with E-state index in [1.807, 2.05) is 66.8 Å². The van der Waals surface area contributed by atoms with Crippen molar-refractivity contribution >= 4 is 5.91 Å². The van der Waals surface area contributed by atoms with Gasteiger partial charge >= 0.3 is 0 Å². The Labute approximate surface area is 149 Å². The number of hydrogen-bond acceptors (Lipinski definition) is 3. The van der Waals surface area contributed by atoms with E-state index in [1.165, 1.54) is 0 Å². The molecule has 0 aliphatic carbocycles. The Hall–Kier alpha value is -2.14. The number of aryl methyl sites for hydroxylation is 2. The number of nitrogens with zero attached hydrogens (tertiary/aromatic N) is 3. The monoisotopic (exact) mass is 341 g/mol. The average molecular weight is 341 g/mol. The third-order valence-electron chi connectivity index (χ3n) is 5.21. The standard InChI is InChI=1S/C20H27N3O2/c1-14-13-15(2)23(21-14)16(3)20(25)22-11-9-18(10-12-22)19(24)17-7-5-4-6-8-17/h4-8,13,16,18-19,24H,9-12H2,1-3H3. The number of aliphatic hydroxyl groups is 1. The van der Waals surface area contributed by atoms with Crippen LogP contribution in [0.5, 0.6) is 0 Å². The van der Waals surface area contributed by atoms with Crippen molar-refractivity contribution in [3.8, 4) is 0 Å². The van der Waals surface area contributed by atoms with Crippen LogP contribution in [0.2, 0.25) is 0 Å². The Bertz CT molecular complexity index is 718. The van der Waals surface area contributed by atoms with Crippen molar-refractivity contribution in [1.29, 1.82) is 0 Å². The maximum atomic E-state index is 12.8. The van der Waals surface area contributed by atoms with Crippen molar-refractivity contribution in [3.05, 3.63) is 53.3 Å². The number of amides is 1. The highest BCUT2D eigenvalue weighted by molar-refractivity contribution is 5.80. The van der Waals surface area contributed by atoms with Crippen molar-refractivity contribution in [2.24, 2.45) is 5.92 Å². The zero-order valence-corrected chi connectivity index (χ0v) is 15.2. The molecule has 2 heterocycles. The van der Waals surface area contributed by atoms with Crippen LogP contribution >= 0.6 is 0 Å². The molecule has 2 atom stereocenters. The van der Waals surface area contributed by atoms with Crippen molar-refractivity contribution in [2.75, 3.05) is 13.1 Å². The zero-order valence-electron chi connectivity index (χ0n) is 15.2. The fraction of sp³-hybridized carbons (Fsp3) is 0.500. The first-order valence-electron chi connectivity index (χ1n) is 9.02. The molecule has 0 saturated carbocycles. The van der Waals surface area contributed by atoms with Crippen LogP contribution in [0.1, 0.15) is 48.9 Å². The maximum absolute atomic E-state index is 12.8. The highest BCUT2D eigenvalue weighted by Crippen LogP contribution is 2.31. The van der Waals surface area contributed by atoms with E-state index in [2.05, 4.69) is 5.10 Å². The number of benzene rings is 1. The molecule has 5 heteroatoms. The van der Waals surface area contributed by atoms with Gasteiger partial charge in [0, 0.05) is 18.8 Å². The molecular weight excluding hydrogens is 314 g/mol. The Morgan fingerprint density at radius 2 is 1.84 bits per heavy atom. The molecule has 134 valence electrons. The summed E-state index contributed by atoms with van der Waals surface area (Å²) in [7, 11) is 0. The molecule has 5 nitrogen and oxygen atoms in total. The molecule has 1 aliphatic heterocycles. The van der Waals surface area contributed by atoms with Crippen LogP contribution in [0.3, 0.4) is 0 Å². The number of carbonyl (C=O) groups excluding carboxylic acids is 1. The molecule has 1 saturated heterocycles. The van der Waals surface area contributed by atoms with Gasteiger partial charge in [0.05, 0.1) is 11.8 Å². The Morgan fingerprint density at radius 1 is 1.20 bits per heavy atom. The van der Waals surface area contributed by atoms with Gasteiger partial charge in [-0.25, -0.2) is 0 Å². The summed E-state index contributed by atoms with van der Waals surface area (Å²) in [4.78, 5) is 14.7. The number of carbonyl (C=O) groups is 1. The van der Waals surface area contributed by atoms with Crippen LogP contribution in [-0.4, -0.2) is 38.8 Å². The largest absolute Gasteiger partial charge is 0.388 e. The average Bonchev–Trinajstić information content (AvgIpc) is 2.99.